The van der Waals surface area contributed by atoms with Gasteiger partial charge in [-0.2, -0.15) is 0 Å². The van der Waals surface area contributed by atoms with Gasteiger partial charge in [-0.05, 0) is 79.0 Å². The molecular weight excluding hydrogens is 386 g/mol. The van der Waals surface area contributed by atoms with Crippen molar-refractivity contribution in [1.82, 2.24) is 25.5 Å². The molecule has 0 spiro atoms. The Morgan fingerprint density at radius 2 is 2.07 bits per heavy atom. The summed E-state index contributed by atoms with van der Waals surface area (Å²) in [6.45, 7) is 4.63. The number of ether oxygens (including phenoxy) is 1. The van der Waals surface area contributed by atoms with Crippen LogP contribution >= 0.6 is 11.8 Å². The molecule has 1 heterocycles. The molecule has 0 unspecified atom stereocenters. The number of methoxy groups -OCH3 is 1. The molecule has 2 fully saturated rings. The first kappa shape index (κ1) is 20.2. The van der Waals surface area contributed by atoms with Gasteiger partial charge in [-0.3, -0.25) is 4.79 Å². The van der Waals surface area contributed by atoms with Crippen LogP contribution in [0.2, 0.25) is 0 Å². The molecular formula is C21H29N5O2S. The van der Waals surface area contributed by atoms with Gasteiger partial charge in [0.25, 0.3) is 0 Å². The molecule has 2 saturated carbocycles. The molecule has 156 valence electrons. The van der Waals surface area contributed by atoms with E-state index in [-0.39, 0.29) is 17.2 Å². The second kappa shape index (κ2) is 8.73. The maximum Gasteiger partial charge on any atom is 0.233 e. The largest absolute Gasteiger partial charge is 0.497 e. The van der Waals surface area contributed by atoms with Gasteiger partial charge in [0.15, 0.2) is 0 Å². The Kier molecular flexibility index (Phi) is 6.08. The highest BCUT2D eigenvalue weighted by Crippen LogP contribution is 2.49. The highest BCUT2D eigenvalue weighted by molar-refractivity contribution is 8.00. The number of hydrogen-bond acceptors (Lipinski definition) is 6. The van der Waals surface area contributed by atoms with Crippen LogP contribution in [-0.2, 0) is 11.3 Å². The van der Waals surface area contributed by atoms with Crippen LogP contribution in [0.4, 0.5) is 0 Å². The summed E-state index contributed by atoms with van der Waals surface area (Å²) in [6, 6.07) is 8.04. The Morgan fingerprint density at radius 1 is 1.28 bits per heavy atom. The number of aromatic nitrogens is 4. The normalized spacial score (nSPS) is 25.0. The topological polar surface area (TPSA) is 81.9 Å². The summed E-state index contributed by atoms with van der Waals surface area (Å²) in [5.41, 5.74) is 1.07. The predicted molar refractivity (Wildman–Crippen MR) is 112 cm³/mol. The van der Waals surface area contributed by atoms with E-state index in [1.165, 1.54) is 37.4 Å². The number of rotatable bonds is 8. The molecule has 29 heavy (non-hydrogen) atoms. The van der Waals surface area contributed by atoms with Gasteiger partial charge in [-0.25, -0.2) is 4.68 Å². The lowest BCUT2D eigenvalue weighted by Gasteiger charge is -2.29. The van der Waals surface area contributed by atoms with E-state index < -0.39 is 0 Å². The van der Waals surface area contributed by atoms with Crippen molar-refractivity contribution in [3.05, 3.63) is 29.8 Å². The van der Waals surface area contributed by atoms with Gasteiger partial charge >= 0.3 is 0 Å². The van der Waals surface area contributed by atoms with E-state index in [9.17, 15) is 4.79 Å². The summed E-state index contributed by atoms with van der Waals surface area (Å²) in [7, 11) is 1.65. The summed E-state index contributed by atoms with van der Waals surface area (Å²) in [6.07, 6.45) is 5.34. The molecule has 2 aliphatic carbocycles. The van der Waals surface area contributed by atoms with E-state index in [4.69, 9.17) is 4.74 Å². The third-order valence-electron chi connectivity index (χ3n) is 6.45. The molecule has 2 aromatic rings. The number of benzene rings is 1. The fourth-order valence-corrected chi connectivity index (χ4v) is 5.65. The minimum atomic E-state index is -0.253. The summed E-state index contributed by atoms with van der Waals surface area (Å²) in [5, 5.41) is 15.6. The molecule has 2 bridgehead atoms. The Morgan fingerprint density at radius 3 is 2.72 bits per heavy atom. The maximum absolute atomic E-state index is 12.8. The molecule has 4 rings (SSSR count). The van der Waals surface area contributed by atoms with Gasteiger partial charge in [0.1, 0.15) is 5.75 Å². The number of thioether (sulfide) groups is 1. The summed E-state index contributed by atoms with van der Waals surface area (Å²) >= 11 is 1.40. The molecule has 1 amide bonds. The van der Waals surface area contributed by atoms with Crippen molar-refractivity contribution in [2.24, 2.45) is 17.8 Å². The van der Waals surface area contributed by atoms with Gasteiger partial charge in [-0.1, -0.05) is 30.3 Å². The third-order valence-corrected chi connectivity index (χ3v) is 7.52. The monoisotopic (exact) mass is 415 g/mol. The van der Waals surface area contributed by atoms with E-state index in [1.807, 2.05) is 31.2 Å². The quantitative estimate of drug-likeness (QED) is 0.667. The van der Waals surface area contributed by atoms with Gasteiger partial charge < -0.3 is 10.1 Å². The second-order valence-electron chi connectivity index (χ2n) is 8.36. The maximum atomic E-state index is 12.8. The molecule has 1 aromatic heterocycles. The summed E-state index contributed by atoms with van der Waals surface area (Å²) in [5.74, 6) is 3.20. The SMILES string of the molecule is COc1ccc(Cn2nnnc2S[C@H](C)C(=O)N[C@H](C)[C@H]2C[C@H]3CC[C@H]2C3)cc1. The van der Waals surface area contributed by atoms with Crippen molar-refractivity contribution in [2.45, 2.75) is 62.5 Å². The van der Waals surface area contributed by atoms with E-state index in [2.05, 4.69) is 27.8 Å². The van der Waals surface area contributed by atoms with Crippen molar-refractivity contribution >= 4 is 17.7 Å². The molecule has 5 atom stereocenters. The lowest BCUT2D eigenvalue weighted by molar-refractivity contribution is -0.121. The van der Waals surface area contributed by atoms with Crippen molar-refractivity contribution in [2.75, 3.05) is 7.11 Å². The summed E-state index contributed by atoms with van der Waals surface area (Å²) in [4.78, 5) is 12.8. The minimum absolute atomic E-state index is 0.0595. The molecule has 0 aliphatic heterocycles. The first-order valence-corrected chi connectivity index (χ1v) is 11.3. The first-order chi connectivity index (χ1) is 14.0. The lowest BCUT2D eigenvalue weighted by atomic mass is 9.84. The fraction of sp³-hybridized carbons (Fsp3) is 0.619. The number of carbonyl (C=O) groups excluding carboxylic acids is 1. The van der Waals surface area contributed by atoms with Crippen molar-refractivity contribution in [3.8, 4) is 5.75 Å². The average molecular weight is 416 g/mol. The fourth-order valence-electron chi connectivity index (χ4n) is 4.85. The van der Waals surface area contributed by atoms with E-state index in [0.29, 0.717) is 17.6 Å². The minimum Gasteiger partial charge on any atom is -0.497 e. The lowest BCUT2D eigenvalue weighted by Crippen LogP contribution is -2.43. The molecule has 8 heteroatoms. The van der Waals surface area contributed by atoms with Crippen LogP contribution in [0.3, 0.4) is 0 Å². The molecule has 7 nitrogen and oxygen atoms in total. The molecule has 0 radical (unpaired) electrons. The zero-order chi connectivity index (χ0) is 20.4. The number of carbonyl (C=O) groups is 1. The Hall–Kier alpha value is -2.09. The number of tetrazole rings is 1. The van der Waals surface area contributed by atoms with Crippen molar-refractivity contribution in [3.63, 3.8) is 0 Å². The van der Waals surface area contributed by atoms with Gasteiger partial charge in [0.2, 0.25) is 11.1 Å². The Balaban J connectivity index is 1.32. The van der Waals surface area contributed by atoms with E-state index in [0.717, 1.165) is 23.1 Å². The first-order valence-electron chi connectivity index (χ1n) is 10.4. The Labute approximate surface area is 176 Å². The molecule has 0 saturated heterocycles. The van der Waals surface area contributed by atoms with Gasteiger partial charge in [0, 0.05) is 6.04 Å². The van der Waals surface area contributed by atoms with Crippen LogP contribution in [0, 0.1) is 17.8 Å². The smallest absolute Gasteiger partial charge is 0.233 e. The standard InChI is InChI=1S/C21H29N5O2S/c1-13(19-11-16-4-7-17(19)10-16)22-20(27)14(2)29-21-23-24-25-26(21)12-15-5-8-18(28-3)9-6-15/h5-6,8-9,13-14,16-17,19H,4,7,10-12H2,1-3H3,(H,22,27)/t13-,14-,16+,17+,19-/m1/s1. The van der Waals surface area contributed by atoms with Crippen molar-refractivity contribution < 1.29 is 9.53 Å². The van der Waals surface area contributed by atoms with Crippen LogP contribution in [0.5, 0.6) is 5.75 Å². The van der Waals surface area contributed by atoms with Crippen LogP contribution in [0.1, 0.15) is 45.1 Å². The number of fused-ring (bicyclic) bond motifs is 2. The highest BCUT2D eigenvalue weighted by Gasteiger charge is 2.42. The third kappa shape index (κ3) is 4.57. The predicted octanol–water partition coefficient (Wildman–Crippen LogP) is 3.15. The van der Waals surface area contributed by atoms with E-state index in [1.54, 1.807) is 11.8 Å². The van der Waals surface area contributed by atoms with Crippen LogP contribution in [-0.4, -0.2) is 44.5 Å². The molecule has 1 N–H and O–H groups in total. The number of nitrogens with one attached hydrogen (secondary N) is 1. The molecule has 1 aromatic carbocycles. The number of hydrogen-bond donors (Lipinski definition) is 1. The molecule has 2 aliphatic rings. The highest BCUT2D eigenvalue weighted by atomic mass is 32.2. The zero-order valence-corrected chi connectivity index (χ0v) is 18.1. The van der Waals surface area contributed by atoms with Gasteiger partial charge in [0.05, 0.1) is 18.9 Å². The van der Waals surface area contributed by atoms with Crippen LogP contribution in [0.15, 0.2) is 29.4 Å². The van der Waals surface area contributed by atoms with E-state index >= 15 is 0 Å². The van der Waals surface area contributed by atoms with Crippen LogP contribution < -0.4 is 10.1 Å². The summed E-state index contributed by atoms with van der Waals surface area (Å²) < 4.78 is 6.93. The van der Waals surface area contributed by atoms with Crippen LogP contribution in [0.25, 0.3) is 0 Å². The zero-order valence-electron chi connectivity index (χ0n) is 17.2. The number of nitrogens with zero attached hydrogens (tertiary/aromatic N) is 4. The number of amides is 1. The second-order valence-corrected chi connectivity index (χ2v) is 9.67. The average Bonchev–Trinajstić information content (AvgIpc) is 3.46. The Bertz CT molecular complexity index is 840. The van der Waals surface area contributed by atoms with Crippen molar-refractivity contribution in [1.29, 1.82) is 0 Å². The van der Waals surface area contributed by atoms with Gasteiger partial charge in [-0.15, -0.1) is 5.10 Å².